The van der Waals surface area contributed by atoms with Crippen molar-refractivity contribution in [1.29, 1.82) is 0 Å². The molecule has 1 unspecified atom stereocenters. The van der Waals surface area contributed by atoms with Crippen LogP contribution in [0.3, 0.4) is 0 Å². The zero-order valence-corrected chi connectivity index (χ0v) is 13.4. The molecule has 1 atom stereocenters. The van der Waals surface area contributed by atoms with Crippen LogP contribution in [0.2, 0.25) is 0 Å². The van der Waals surface area contributed by atoms with Crippen LogP contribution in [-0.2, 0) is 6.54 Å². The third-order valence-electron chi connectivity index (χ3n) is 4.42. The molecule has 0 amide bonds. The third kappa shape index (κ3) is 3.76. The highest BCUT2D eigenvalue weighted by atomic mass is 19.1. The van der Waals surface area contributed by atoms with Crippen molar-refractivity contribution in [1.82, 2.24) is 15.0 Å². The van der Waals surface area contributed by atoms with E-state index < -0.39 is 11.6 Å². The minimum atomic E-state index is -0.536. The van der Waals surface area contributed by atoms with Crippen LogP contribution in [0, 0.1) is 18.6 Å². The number of hydrogen-bond acceptors (Lipinski definition) is 4. The quantitative estimate of drug-likeness (QED) is 0.866. The fraction of sp³-hybridized carbons (Fsp3) is 0.471. The molecule has 23 heavy (non-hydrogen) atoms. The van der Waals surface area contributed by atoms with Crippen LogP contribution in [0.1, 0.15) is 30.0 Å². The Labute approximate surface area is 134 Å². The first-order chi connectivity index (χ1) is 11.0. The Morgan fingerprint density at radius 1 is 1.17 bits per heavy atom. The molecule has 2 heterocycles. The minimum Gasteiger partial charge on any atom is -0.360 e. The number of aromatic nitrogens is 1. The molecule has 1 fully saturated rings. The summed E-state index contributed by atoms with van der Waals surface area (Å²) in [6.07, 6.45) is 0. The molecule has 124 valence electrons. The van der Waals surface area contributed by atoms with Gasteiger partial charge < -0.3 is 4.52 Å². The largest absolute Gasteiger partial charge is 0.360 e. The van der Waals surface area contributed by atoms with Gasteiger partial charge in [-0.1, -0.05) is 11.2 Å². The first kappa shape index (κ1) is 16.1. The molecule has 1 aromatic carbocycles. The second kappa shape index (κ2) is 6.76. The van der Waals surface area contributed by atoms with Gasteiger partial charge in [-0.2, -0.15) is 0 Å². The Morgan fingerprint density at radius 3 is 2.52 bits per heavy atom. The van der Waals surface area contributed by atoms with Crippen LogP contribution in [0.4, 0.5) is 8.78 Å². The first-order valence-electron chi connectivity index (χ1n) is 7.86. The summed E-state index contributed by atoms with van der Waals surface area (Å²) in [7, 11) is 0. The summed E-state index contributed by atoms with van der Waals surface area (Å²) in [5, 5.41) is 3.90. The van der Waals surface area contributed by atoms with E-state index in [1.54, 1.807) is 6.07 Å². The highest BCUT2D eigenvalue weighted by molar-refractivity contribution is 5.22. The molecule has 1 aromatic heterocycles. The Morgan fingerprint density at radius 2 is 1.91 bits per heavy atom. The van der Waals surface area contributed by atoms with E-state index >= 15 is 0 Å². The summed E-state index contributed by atoms with van der Waals surface area (Å²) in [5.41, 5.74) is 1.43. The van der Waals surface area contributed by atoms with Gasteiger partial charge in [0.1, 0.15) is 11.6 Å². The standard InChI is InChI=1S/C17H21F2N3O/c1-12-9-15(23-20-12)11-21-5-7-22(8-6-21)13(2)16-4-3-14(18)10-17(16)19/h3-4,9-10,13H,5-8,11H2,1-2H3. The van der Waals surface area contributed by atoms with E-state index in [1.165, 1.54) is 6.07 Å². The van der Waals surface area contributed by atoms with E-state index in [9.17, 15) is 8.78 Å². The summed E-state index contributed by atoms with van der Waals surface area (Å²) in [6, 6.07) is 5.69. The van der Waals surface area contributed by atoms with Crippen LogP contribution in [-0.4, -0.2) is 41.1 Å². The van der Waals surface area contributed by atoms with E-state index in [0.717, 1.165) is 50.2 Å². The summed E-state index contributed by atoms with van der Waals surface area (Å²) >= 11 is 0. The van der Waals surface area contributed by atoms with E-state index in [1.807, 2.05) is 19.9 Å². The van der Waals surface area contributed by atoms with Crippen LogP contribution >= 0.6 is 0 Å². The van der Waals surface area contributed by atoms with E-state index in [-0.39, 0.29) is 6.04 Å². The number of hydrogen-bond donors (Lipinski definition) is 0. The van der Waals surface area contributed by atoms with Crippen molar-refractivity contribution in [2.45, 2.75) is 26.4 Å². The molecule has 0 N–H and O–H groups in total. The third-order valence-corrected chi connectivity index (χ3v) is 4.42. The van der Waals surface area contributed by atoms with Gasteiger partial charge in [0, 0.05) is 49.9 Å². The van der Waals surface area contributed by atoms with Crippen molar-refractivity contribution in [3.05, 3.63) is 52.9 Å². The minimum absolute atomic E-state index is 0.0646. The molecule has 0 aliphatic carbocycles. The van der Waals surface area contributed by atoms with Gasteiger partial charge in [0.05, 0.1) is 12.2 Å². The lowest BCUT2D eigenvalue weighted by molar-refractivity contribution is 0.0904. The van der Waals surface area contributed by atoms with E-state index in [4.69, 9.17) is 4.52 Å². The lowest BCUT2D eigenvalue weighted by Crippen LogP contribution is -2.46. The molecule has 1 aliphatic heterocycles. The Balaban J connectivity index is 1.57. The maximum absolute atomic E-state index is 13.9. The topological polar surface area (TPSA) is 32.5 Å². The molecule has 3 rings (SSSR count). The number of nitrogens with zero attached hydrogens (tertiary/aromatic N) is 3. The first-order valence-corrected chi connectivity index (χ1v) is 7.86. The smallest absolute Gasteiger partial charge is 0.150 e. The lowest BCUT2D eigenvalue weighted by atomic mass is 10.1. The molecule has 0 radical (unpaired) electrons. The molecule has 0 bridgehead atoms. The van der Waals surface area contributed by atoms with Crippen molar-refractivity contribution >= 4 is 0 Å². The van der Waals surface area contributed by atoms with Gasteiger partial charge in [0.2, 0.25) is 0 Å². The molecule has 1 aliphatic rings. The number of piperazine rings is 1. The number of aryl methyl sites for hydroxylation is 1. The Kier molecular flexibility index (Phi) is 4.73. The predicted molar refractivity (Wildman–Crippen MR) is 82.9 cm³/mol. The van der Waals surface area contributed by atoms with Crippen LogP contribution in [0.25, 0.3) is 0 Å². The van der Waals surface area contributed by atoms with Gasteiger partial charge in [-0.15, -0.1) is 0 Å². The molecular weight excluding hydrogens is 300 g/mol. The average molecular weight is 321 g/mol. The summed E-state index contributed by atoms with van der Waals surface area (Å²) in [6.45, 7) is 8.06. The van der Waals surface area contributed by atoms with Crippen LogP contribution < -0.4 is 0 Å². The zero-order valence-electron chi connectivity index (χ0n) is 13.4. The van der Waals surface area contributed by atoms with Crippen LogP contribution in [0.15, 0.2) is 28.8 Å². The lowest BCUT2D eigenvalue weighted by Gasteiger charge is -2.37. The maximum Gasteiger partial charge on any atom is 0.150 e. The van der Waals surface area contributed by atoms with E-state index in [0.29, 0.717) is 5.56 Å². The van der Waals surface area contributed by atoms with Crippen molar-refractivity contribution in [3.8, 4) is 0 Å². The van der Waals surface area contributed by atoms with Crippen molar-refractivity contribution in [2.24, 2.45) is 0 Å². The van der Waals surface area contributed by atoms with Crippen molar-refractivity contribution < 1.29 is 13.3 Å². The zero-order chi connectivity index (χ0) is 16.4. The fourth-order valence-electron chi connectivity index (χ4n) is 3.06. The van der Waals surface area contributed by atoms with Gasteiger partial charge >= 0.3 is 0 Å². The summed E-state index contributed by atoms with van der Waals surface area (Å²) in [5.74, 6) is -0.142. The number of halogens is 2. The Bertz CT molecular complexity index is 666. The van der Waals surface area contributed by atoms with Crippen LogP contribution in [0.5, 0.6) is 0 Å². The molecule has 1 saturated heterocycles. The molecule has 2 aromatic rings. The molecule has 0 spiro atoms. The summed E-state index contributed by atoms with van der Waals surface area (Å²) < 4.78 is 32.2. The van der Waals surface area contributed by atoms with E-state index in [2.05, 4.69) is 15.0 Å². The Hall–Kier alpha value is -1.79. The van der Waals surface area contributed by atoms with Gasteiger partial charge in [-0.3, -0.25) is 9.80 Å². The summed E-state index contributed by atoms with van der Waals surface area (Å²) in [4.78, 5) is 4.52. The highest BCUT2D eigenvalue weighted by Gasteiger charge is 2.24. The predicted octanol–water partition coefficient (Wildman–Crippen LogP) is 3.14. The number of benzene rings is 1. The molecule has 6 heteroatoms. The second-order valence-electron chi connectivity index (χ2n) is 6.09. The van der Waals surface area contributed by atoms with Gasteiger partial charge in [0.25, 0.3) is 0 Å². The molecule has 4 nitrogen and oxygen atoms in total. The monoisotopic (exact) mass is 321 g/mol. The van der Waals surface area contributed by atoms with Gasteiger partial charge in [0.15, 0.2) is 5.76 Å². The average Bonchev–Trinajstić information content (AvgIpc) is 2.92. The van der Waals surface area contributed by atoms with Gasteiger partial charge in [-0.05, 0) is 19.9 Å². The maximum atomic E-state index is 13.9. The number of rotatable bonds is 4. The molecular formula is C17H21F2N3O. The fourth-order valence-corrected chi connectivity index (χ4v) is 3.06. The normalized spacial score (nSPS) is 18.3. The SMILES string of the molecule is Cc1cc(CN2CCN(C(C)c3ccc(F)cc3F)CC2)on1. The second-order valence-corrected chi connectivity index (χ2v) is 6.09. The molecule has 0 saturated carbocycles. The highest BCUT2D eigenvalue weighted by Crippen LogP contribution is 2.25. The van der Waals surface area contributed by atoms with Crippen molar-refractivity contribution in [2.75, 3.05) is 26.2 Å². The van der Waals surface area contributed by atoms with Gasteiger partial charge in [-0.25, -0.2) is 8.78 Å². The van der Waals surface area contributed by atoms with Crippen molar-refractivity contribution in [3.63, 3.8) is 0 Å².